The molecule has 2 fully saturated rings. The van der Waals surface area contributed by atoms with Gasteiger partial charge in [-0.25, -0.2) is 8.42 Å². The summed E-state index contributed by atoms with van der Waals surface area (Å²) in [6.45, 7) is 5.81. The predicted octanol–water partition coefficient (Wildman–Crippen LogP) is 3.97. The molecule has 1 aromatic carbocycles. The number of hydrogen-bond acceptors (Lipinski definition) is 6. The van der Waals surface area contributed by atoms with Crippen LogP contribution in [-0.4, -0.2) is 98.2 Å². The molecule has 5 rings (SSSR count). The molecule has 12 heteroatoms. The largest absolute Gasteiger partial charge is 0.379 e. The van der Waals surface area contributed by atoms with Crippen molar-refractivity contribution in [3.63, 3.8) is 0 Å². The van der Waals surface area contributed by atoms with Crippen LogP contribution in [0, 0.1) is 6.92 Å². The number of aromatic nitrogens is 1. The fraction of sp³-hybridized carbons (Fsp3) is 0.607. The minimum absolute atomic E-state index is 0.0327. The lowest BCUT2D eigenvalue weighted by Crippen LogP contribution is -2.50. The van der Waals surface area contributed by atoms with Crippen LogP contribution >= 0.6 is 23.2 Å². The third kappa shape index (κ3) is 6.09. The Balaban J connectivity index is 1.26. The number of carbonyl (C=O) groups excluding carboxylic acids is 1. The maximum atomic E-state index is 13.9. The lowest BCUT2D eigenvalue weighted by atomic mass is 9.89. The Morgan fingerprint density at radius 3 is 2.67 bits per heavy atom. The standard InChI is InChI=1S/C28H38Cl2N4O5S/c1-20-8-9-23(29)28(27(20)30)40(36,37)34-12-11-33-10-4-7-24(33)25(34)18-39-19-26(35)31(2)21-5-3-6-22(17-21)32-13-15-38-16-14-32/h4,7-10,21-22,25H,3,5-6,11-19H2,1-2H3/t21-,22+,25?/m0/s1. The van der Waals surface area contributed by atoms with Gasteiger partial charge in [-0.15, -0.1) is 0 Å². The van der Waals surface area contributed by atoms with Gasteiger partial charge in [0.25, 0.3) is 0 Å². The van der Waals surface area contributed by atoms with Gasteiger partial charge in [0.2, 0.25) is 15.9 Å². The monoisotopic (exact) mass is 612 g/mol. The Bertz CT molecular complexity index is 1310. The Morgan fingerprint density at radius 2 is 1.90 bits per heavy atom. The molecule has 3 aliphatic rings. The number of halogens is 2. The molecule has 2 aliphatic heterocycles. The molecule has 3 heterocycles. The van der Waals surface area contributed by atoms with E-state index in [9.17, 15) is 13.2 Å². The third-order valence-electron chi connectivity index (χ3n) is 8.55. The molecule has 0 radical (unpaired) electrons. The van der Waals surface area contributed by atoms with Crippen molar-refractivity contribution in [2.24, 2.45) is 0 Å². The summed E-state index contributed by atoms with van der Waals surface area (Å²) in [5, 5.41) is 0.198. The summed E-state index contributed by atoms with van der Waals surface area (Å²) in [4.78, 5) is 17.4. The first kappa shape index (κ1) is 29.8. The van der Waals surface area contributed by atoms with Crippen LogP contribution in [0.3, 0.4) is 0 Å². The van der Waals surface area contributed by atoms with Crippen LogP contribution in [-0.2, 0) is 30.8 Å². The summed E-state index contributed by atoms with van der Waals surface area (Å²) in [7, 11) is -2.20. The second-order valence-corrected chi connectivity index (χ2v) is 13.5. The van der Waals surface area contributed by atoms with Crippen LogP contribution in [0.4, 0.5) is 0 Å². The summed E-state index contributed by atoms with van der Waals surface area (Å²) in [5.74, 6) is -0.0991. The molecule has 1 saturated heterocycles. The van der Waals surface area contributed by atoms with E-state index in [1.165, 1.54) is 4.31 Å². The molecule has 0 spiro atoms. The average Bonchev–Trinajstić information content (AvgIpc) is 3.44. The summed E-state index contributed by atoms with van der Waals surface area (Å²) >= 11 is 12.8. The van der Waals surface area contributed by atoms with Gasteiger partial charge in [0.15, 0.2) is 0 Å². The van der Waals surface area contributed by atoms with Crippen molar-refractivity contribution < 1.29 is 22.7 Å². The number of likely N-dealkylation sites (N-methyl/N-ethyl adjacent to an activating group) is 1. The molecule has 1 unspecified atom stereocenters. The van der Waals surface area contributed by atoms with Gasteiger partial charge >= 0.3 is 0 Å². The van der Waals surface area contributed by atoms with Crippen LogP contribution in [0.5, 0.6) is 0 Å². The number of amides is 1. The van der Waals surface area contributed by atoms with Gasteiger partial charge in [0.05, 0.1) is 35.9 Å². The second-order valence-electron chi connectivity index (χ2n) is 10.9. The number of rotatable bonds is 8. The highest BCUT2D eigenvalue weighted by Crippen LogP contribution is 2.38. The van der Waals surface area contributed by atoms with E-state index in [4.69, 9.17) is 32.7 Å². The molecule has 1 saturated carbocycles. The number of aryl methyl sites for hydroxylation is 1. The molecule has 1 amide bonds. The Labute approximate surface area is 246 Å². The molecule has 9 nitrogen and oxygen atoms in total. The number of sulfonamides is 1. The van der Waals surface area contributed by atoms with E-state index in [0.29, 0.717) is 18.2 Å². The van der Waals surface area contributed by atoms with Gasteiger partial charge in [0.1, 0.15) is 11.5 Å². The number of fused-ring (bicyclic) bond motifs is 1. The van der Waals surface area contributed by atoms with E-state index in [1.807, 2.05) is 34.8 Å². The number of carbonyl (C=O) groups is 1. The van der Waals surface area contributed by atoms with Crippen LogP contribution in [0.1, 0.15) is 43.0 Å². The summed E-state index contributed by atoms with van der Waals surface area (Å²) < 4.78 is 42.7. The fourth-order valence-corrected chi connectivity index (χ4v) is 8.93. The van der Waals surface area contributed by atoms with Gasteiger partial charge < -0.3 is 18.9 Å². The highest BCUT2D eigenvalue weighted by atomic mass is 35.5. The third-order valence-corrected chi connectivity index (χ3v) is 11.6. The first-order valence-corrected chi connectivity index (χ1v) is 16.1. The topological polar surface area (TPSA) is 84.3 Å². The van der Waals surface area contributed by atoms with E-state index < -0.39 is 16.1 Å². The quantitative estimate of drug-likeness (QED) is 0.448. The maximum absolute atomic E-state index is 13.9. The van der Waals surface area contributed by atoms with Crippen LogP contribution in [0.25, 0.3) is 0 Å². The lowest BCUT2D eigenvalue weighted by molar-refractivity contribution is -0.138. The van der Waals surface area contributed by atoms with Crippen molar-refractivity contribution >= 4 is 39.1 Å². The first-order chi connectivity index (χ1) is 19.2. The Morgan fingerprint density at radius 1 is 1.12 bits per heavy atom. The molecule has 0 bridgehead atoms. The summed E-state index contributed by atoms with van der Waals surface area (Å²) in [5.41, 5.74) is 1.43. The fourth-order valence-electron chi connectivity index (χ4n) is 6.21. The predicted molar refractivity (Wildman–Crippen MR) is 154 cm³/mol. The summed E-state index contributed by atoms with van der Waals surface area (Å²) in [6, 6.07) is 7.02. The van der Waals surface area contributed by atoms with E-state index in [0.717, 1.165) is 57.7 Å². The van der Waals surface area contributed by atoms with E-state index in [2.05, 4.69) is 4.90 Å². The molecule has 220 valence electrons. The highest BCUT2D eigenvalue weighted by molar-refractivity contribution is 7.89. The zero-order valence-electron chi connectivity index (χ0n) is 23.1. The van der Waals surface area contributed by atoms with E-state index in [1.54, 1.807) is 19.1 Å². The maximum Gasteiger partial charge on any atom is 0.248 e. The highest BCUT2D eigenvalue weighted by Gasteiger charge is 2.39. The molecular formula is C28H38Cl2N4O5S. The zero-order valence-corrected chi connectivity index (χ0v) is 25.4. The molecule has 40 heavy (non-hydrogen) atoms. The van der Waals surface area contributed by atoms with Crippen molar-refractivity contribution in [2.75, 3.05) is 53.1 Å². The zero-order chi connectivity index (χ0) is 28.4. The van der Waals surface area contributed by atoms with Crippen molar-refractivity contribution in [1.82, 2.24) is 18.7 Å². The van der Waals surface area contributed by atoms with Crippen LogP contribution in [0.15, 0.2) is 35.4 Å². The van der Waals surface area contributed by atoms with Crippen LogP contribution < -0.4 is 0 Å². The minimum Gasteiger partial charge on any atom is -0.379 e. The van der Waals surface area contributed by atoms with Gasteiger partial charge in [-0.3, -0.25) is 9.69 Å². The normalized spacial score (nSPS) is 24.6. The minimum atomic E-state index is -4.05. The lowest BCUT2D eigenvalue weighted by Gasteiger charge is -2.41. The van der Waals surface area contributed by atoms with Gasteiger partial charge in [-0.2, -0.15) is 4.31 Å². The molecule has 1 aromatic heterocycles. The molecule has 0 N–H and O–H groups in total. The van der Waals surface area contributed by atoms with Crippen molar-refractivity contribution in [3.8, 4) is 0 Å². The molecular weight excluding hydrogens is 575 g/mol. The molecule has 1 aliphatic carbocycles. The number of nitrogens with zero attached hydrogens (tertiary/aromatic N) is 4. The number of benzene rings is 1. The Kier molecular flexibility index (Phi) is 9.46. The van der Waals surface area contributed by atoms with Crippen molar-refractivity contribution in [1.29, 1.82) is 0 Å². The number of hydrogen-bond donors (Lipinski definition) is 0. The average molecular weight is 614 g/mol. The second kappa shape index (κ2) is 12.7. The van der Waals surface area contributed by atoms with Crippen LogP contribution in [0.2, 0.25) is 10.0 Å². The number of morpholine rings is 1. The SMILES string of the molecule is Cc1ccc(Cl)c(S(=O)(=O)N2CCn3cccc3C2COCC(=O)N(C)[C@H]2CCC[C@@H](N3CCOCC3)C2)c1Cl. The first-order valence-electron chi connectivity index (χ1n) is 13.9. The summed E-state index contributed by atoms with van der Waals surface area (Å²) in [6.07, 6.45) is 6.08. The van der Waals surface area contributed by atoms with E-state index >= 15 is 0 Å². The smallest absolute Gasteiger partial charge is 0.248 e. The van der Waals surface area contributed by atoms with E-state index in [-0.39, 0.29) is 46.6 Å². The van der Waals surface area contributed by atoms with Gasteiger partial charge in [-0.05, 0) is 56.4 Å². The van der Waals surface area contributed by atoms with Crippen molar-refractivity contribution in [2.45, 2.75) is 62.2 Å². The number of ether oxygens (including phenoxy) is 2. The van der Waals surface area contributed by atoms with Crippen molar-refractivity contribution in [3.05, 3.63) is 51.8 Å². The molecule has 2 aromatic rings. The van der Waals surface area contributed by atoms with Gasteiger partial charge in [0, 0.05) is 57.2 Å². The van der Waals surface area contributed by atoms with Gasteiger partial charge in [-0.1, -0.05) is 29.3 Å². The molecule has 3 atom stereocenters. The Hall–Kier alpha value is -1.66.